The molecule has 46 heavy (non-hydrogen) atoms. The van der Waals surface area contributed by atoms with Gasteiger partial charge in [-0.1, -0.05) is 17.7 Å². The highest BCUT2D eigenvalue weighted by molar-refractivity contribution is 7.86. The van der Waals surface area contributed by atoms with Gasteiger partial charge in [0.2, 0.25) is 0 Å². The highest BCUT2D eigenvalue weighted by atomic mass is 32.2. The van der Waals surface area contributed by atoms with E-state index in [9.17, 15) is 62.5 Å². The lowest BCUT2D eigenvalue weighted by Gasteiger charge is -2.40. The Hall–Kier alpha value is -2.21. The number of hydrogen-bond donors (Lipinski definition) is 8. The van der Waals surface area contributed by atoms with Gasteiger partial charge in [-0.3, -0.25) is 27.6 Å². The maximum atomic E-state index is 12.5. The lowest BCUT2D eigenvalue weighted by molar-refractivity contribution is -0.279. The second-order valence-electron chi connectivity index (χ2n) is 10.1. The van der Waals surface area contributed by atoms with Crippen LogP contribution >= 0.6 is 15.6 Å². The number of H-pyrrole nitrogens is 1. The summed E-state index contributed by atoms with van der Waals surface area (Å²) in [6.45, 7) is -0.359. The molecule has 0 aliphatic carbocycles. The van der Waals surface area contributed by atoms with E-state index in [1.807, 2.05) is 4.98 Å². The summed E-state index contributed by atoms with van der Waals surface area (Å²) in [6.07, 6.45) is -16.5. The van der Waals surface area contributed by atoms with Gasteiger partial charge < -0.3 is 44.8 Å². The van der Waals surface area contributed by atoms with Crippen molar-refractivity contribution in [3.8, 4) is 0 Å². The van der Waals surface area contributed by atoms with Gasteiger partial charge in [0.05, 0.1) is 18.1 Å². The number of aryl methyl sites for hydroxylation is 1. The van der Waals surface area contributed by atoms with E-state index < -0.39 is 105 Å². The predicted octanol–water partition coefficient (Wildman–Crippen LogP) is -3.07. The Balaban J connectivity index is 1.36. The summed E-state index contributed by atoms with van der Waals surface area (Å²) in [4.78, 5) is 44.9. The minimum Gasteiger partial charge on any atom is -0.387 e. The van der Waals surface area contributed by atoms with Gasteiger partial charge in [0.15, 0.2) is 12.5 Å². The number of aromatic amines is 1. The molecule has 0 spiro atoms. The molecule has 2 aliphatic rings. The second kappa shape index (κ2) is 14.1. The monoisotopic (exact) mass is 720 g/mol. The molecule has 24 heteroatoms. The van der Waals surface area contributed by atoms with Crippen molar-refractivity contribution in [1.82, 2.24) is 9.55 Å². The first-order valence-electron chi connectivity index (χ1n) is 13.0. The van der Waals surface area contributed by atoms with Gasteiger partial charge in [0.1, 0.15) is 42.7 Å². The number of phosphoric acid groups is 2. The van der Waals surface area contributed by atoms with E-state index in [0.29, 0.717) is 4.57 Å². The van der Waals surface area contributed by atoms with Gasteiger partial charge in [-0.15, -0.1) is 0 Å². The van der Waals surface area contributed by atoms with Gasteiger partial charge in [-0.05, 0) is 19.1 Å². The van der Waals surface area contributed by atoms with Crippen LogP contribution in [0.5, 0.6) is 0 Å². The van der Waals surface area contributed by atoms with Gasteiger partial charge in [-0.2, -0.15) is 12.7 Å². The number of rotatable bonds is 12. The maximum absolute atomic E-state index is 12.5. The van der Waals surface area contributed by atoms with Crippen molar-refractivity contribution >= 4 is 25.8 Å². The van der Waals surface area contributed by atoms with Gasteiger partial charge in [-0.25, -0.2) is 13.9 Å². The first-order valence-corrected chi connectivity index (χ1v) is 17.4. The first kappa shape index (κ1) is 36.6. The average Bonchev–Trinajstić information content (AvgIpc) is 3.24. The largest absolute Gasteiger partial charge is 0.483 e. The molecule has 8 N–H and O–H groups in total. The Kier molecular flexibility index (Phi) is 11.2. The SMILES string of the molecule is Cc1ccc(S(=O)(=O)OCC2O[C@H](OP(=O)(O)OP(=O)(O)OCC3OC(n4ccc(=O)[nH]c4=O)[C@H](O)[C@@H]3O)C(O)[C@@H](O)C2O)cc1. The van der Waals surface area contributed by atoms with Crippen molar-refractivity contribution in [3.05, 3.63) is 62.9 Å². The molecule has 0 saturated carbocycles. The molecule has 11 atom stereocenters. The number of nitrogens with one attached hydrogen (secondary N) is 1. The summed E-state index contributed by atoms with van der Waals surface area (Å²) in [5, 5.41) is 51.1. The van der Waals surface area contributed by atoms with E-state index in [1.54, 1.807) is 6.92 Å². The first-order chi connectivity index (χ1) is 21.3. The summed E-state index contributed by atoms with van der Waals surface area (Å²) in [6, 6.07) is 6.34. The van der Waals surface area contributed by atoms with Crippen LogP contribution in [0.15, 0.2) is 51.0 Å². The van der Waals surface area contributed by atoms with Crippen LogP contribution in [-0.2, 0) is 46.3 Å². The van der Waals surface area contributed by atoms with Crippen molar-refractivity contribution in [3.63, 3.8) is 0 Å². The molecule has 2 fully saturated rings. The molecule has 7 unspecified atom stereocenters. The smallest absolute Gasteiger partial charge is 0.387 e. The van der Waals surface area contributed by atoms with Gasteiger partial charge >= 0.3 is 21.3 Å². The molecular formula is C22H30N2O19P2S. The minimum atomic E-state index is -5.76. The van der Waals surface area contributed by atoms with Crippen LogP contribution in [0.2, 0.25) is 0 Å². The molecule has 0 bridgehead atoms. The fraction of sp³-hybridized carbons (Fsp3) is 0.545. The number of aromatic nitrogens is 2. The van der Waals surface area contributed by atoms with Crippen LogP contribution in [0.4, 0.5) is 0 Å². The standard InChI is InChI=1S/C22H30N2O19P2S/c1-10-2-4-11(5-3-10)46(36,37)39-9-13-15(26)17(28)19(30)21(41-13)42-45(34,35)43-44(32,33)38-8-12-16(27)18(29)20(40-12)24-7-6-14(25)23-22(24)31/h2-7,12-13,15-21,26-30H,8-9H2,1H3,(H,32,33)(H,34,35)(H,23,25,31)/t12?,13?,15?,16-,17+,18-,19?,20?,21-/m1/s1. The van der Waals surface area contributed by atoms with E-state index >= 15 is 0 Å². The third-order valence-corrected chi connectivity index (χ3v) is 10.6. The number of aliphatic hydroxyl groups excluding tert-OH is 5. The van der Waals surface area contributed by atoms with Crippen molar-refractivity contribution < 1.29 is 79.9 Å². The predicted molar refractivity (Wildman–Crippen MR) is 146 cm³/mol. The maximum Gasteiger partial charge on any atom is 0.483 e. The number of phosphoric ester groups is 2. The van der Waals surface area contributed by atoms with E-state index in [0.717, 1.165) is 17.8 Å². The number of hydrogen-bond acceptors (Lipinski definition) is 17. The lowest BCUT2D eigenvalue weighted by atomic mass is 10.00. The van der Waals surface area contributed by atoms with E-state index in [2.05, 4.69) is 13.4 Å². The molecular weight excluding hydrogens is 690 g/mol. The minimum absolute atomic E-state index is 0.269. The van der Waals surface area contributed by atoms with Crippen LogP contribution in [0, 0.1) is 6.92 Å². The fourth-order valence-corrected chi connectivity index (χ4v) is 7.34. The zero-order chi connectivity index (χ0) is 34.2. The molecule has 2 aromatic rings. The summed E-state index contributed by atoms with van der Waals surface area (Å²) in [7, 11) is -15.8. The lowest BCUT2D eigenvalue weighted by Crippen LogP contribution is -2.59. The highest BCUT2D eigenvalue weighted by Gasteiger charge is 2.50. The second-order valence-corrected chi connectivity index (χ2v) is 14.7. The molecule has 1 aromatic carbocycles. The Bertz CT molecular complexity index is 1700. The molecule has 3 heterocycles. The normalized spacial score (nSPS) is 32.9. The summed E-state index contributed by atoms with van der Waals surface area (Å²) in [5.41, 5.74) is -1.05. The van der Waals surface area contributed by atoms with Crippen LogP contribution in [0.1, 0.15) is 11.8 Å². The fourth-order valence-electron chi connectivity index (χ4n) is 4.27. The zero-order valence-electron chi connectivity index (χ0n) is 23.4. The van der Waals surface area contributed by atoms with Crippen molar-refractivity contribution in [1.29, 1.82) is 0 Å². The van der Waals surface area contributed by atoms with Crippen LogP contribution in [0.3, 0.4) is 0 Å². The van der Waals surface area contributed by atoms with Crippen LogP contribution in [0.25, 0.3) is 0 Å². The molecule has 258 valence electrons. The Morgan fingerprint density at radius 3 is 2.09 bits per heavy atom. The quantitative estimate of drug-likeness (QED) is 0.0796. The van der Waals surface area contributed by atoms with Crippen LogP contribution < -0.4 is 11.2 Å². The molecule has 2 saturated heterocycles. The van der Waals surface area contributed by atoms with E-state index in [-0.39, 0.29) is 4.90 Å². The third-order valence-electron chi connectivity index (χ3n) is 6.67. The van der Waals surface area contributed by atoms with Gasteiger partial charge in [0, 0.05) is 12.3 Å². The van der Waals surface area contributed by atoms with Gasteiger partial charge in [0.25, 0.3) is 15.7 Å². The van der Waals surface area contributed by atoms with Crippen molar-refractivity contribution in [2.75, 3.05) is 13.2 Å². The molecule has 0 radical (unpaired) electrons. The zero-order valence-corrected chi connectivity index (χ0v) is 26.0. The average molecular weight is 720 g/mol. The van der Waals surface area contributed by atoms with E-state index in [4.69, 9.17) is 13.7 Å². The topological polar surface area (TPSA) is 320 Å². The number of nitrogens with zero attached hydrogens (tertiary/aromatic N) is 1. The number of ether oxygens (including phenoxy) is 2. The molecule has 1 aromatic heterocycles. The van der Waals surface area contributed by atoms with Crippen molar-refractivity contribution in [2.24, 2.45) is 0 Å². The Morgan fingerprint density at radius 1 is 0.848 bits per heavy atom. The molecule has 0 amide bonds. The summed E-state index contributed by atoms with van der Waals surface area (Å²) in [5.74, 6) is 0. The van der Waals surface area contributed by atoms with E-state index in [1.165, 1.54) is 24.3 Å². The Labute approximate surface area is 258 Å². The Morgan fingerprint density at radius 2 is 1.46 bits per heavy atom. The summed E-state index contributed by atoms with van der Waals surface area (Å²) < 4.78 is 79.1. The molecule has 4 rings (SSSR count). The third kappa shape index (κ3) is 8.62. The highest BCUT2D eigenvalue weighted by Crippen LogP contribution is 2.61. The van der Waals surface area contributed by atoms with Crippen LogP contribution in [-0.4, -0.2) is 116 Å². The summed E-state index contributed by atoms with van der Waals surface area (Å²) >= 11 is 0. The van der Waals surface area contributed by atoms with Crippen molar-refractivity contribution in [2.45, 2.75) is 67.1 Å². The number of aliphatic hydroxyl groups is 5. The number of benzene rings is 1. The molecule has 21 nitrogen and oxygen atoms in total. The molecule has 2 aliphatic heterocycles.